The third-order valence-corrected chi connectivity index (χ3v) is 8.36. The first-order valence-electron chi connectivity index (χ1n) is 12.5. The summed E-state index contributed by atoms with van der Waals surface area (Å²) in [4.78, 5) is 0. The lowest BCUT2D eigenvalue weighted by Crippen LogP contribution is -2.56. The number of nitrogens with two attached hydrogens (primary N) is 1. The minimum Gasteiger partial charge on any atom is -0.321 e. The summed E-state index contributed by atoms with van der Waals surface area (Å²) in [5.41, 5.74) is 11.6. The third kappa shape index (κ3) is 5.46. The van der Waals surface area contributed by atoms with Crippen LogP contribution in [0.1, 0.15) is 112 Å². The molecule has 1 nitrogen and oxygen atoms in total. The van der Waals surface area contributed by atoms with Crippen LogP contribution in [0.4, 0.5) is 0 Å². The molecule has 0 bridgehead atoms. The van der Waals surface area contributed by atoms with Crippen molar-refractivity contribution in [3.8, 4) is 0 Å². The summed E-state index contributed by atoms with van der Waals surface area (Å²) in [6.07, 6.45) is 18.7. The van der Waals surface area contributed by atoms with Crippen molar-refractivity contribution in [3.05, 3.63) is 35.5 Å². The van der Waals surface area contributed by atoms with E-state index in [1.54, 1.807) is 0 Å². The summed E-state index contributed by atoms with van der Waals surface area (Å²) in [5.74, 6) is 2.38. The zero-order chi connectivity index (χ0) is 21.7. The van der Waals surface area contributed by atoms with Crippen molar-refractivity contribution in [2.24, 2.45) is 28.9 Å². The first-order chi connectivity index (χ1) is 13.7. The van der Waals surface area contributed by atoms with Crippen molar-refractivity contribution in [1.82, 2.24) is 0 Å². The van der Waals surface area contributed by atoms with Crippen LogP contribution in [-0.2, 0) is 0 Å². The summed E-state index contributed by atoms with van der Waals surface area (Å²) < 4.78 is 0. The normalized spacial score (nSPS) is 32.6. The van der Waals surface area contributed by atoms with Crippen LogP contribution in [-0.4, -0.2) is 5.54 Å². The van der Waals surface area contributed by atoms with Crippen molar-refractivity contribution in [2.45, 2.75) is 118 Å². The average Bonchev–Trinajstić information content (AvgIpc) is 2.93. The van der Waals surface area contributed by atoms with E-state index < -0.39 is 0 Å². The lowest BCUT2D eigenvalue weighted by atomic mass is 9.57. The Kier molecular flexibility index (Phi) is 8.83. The van der Waals surface area contributed by atoms with E-state index in [0.29, 0.717) is 0 Å². The fraction of sp³-hybridized carbons (Fsp3) is 0.786. The Morgan fingerprint density at radius 1 is 1.21 bits per heavy atom. The minimum atomic E-state index is -0.107. The number of rotatable bonds is 10. The van der Waals surface area contributed by atoms with Crippen LogP contribution in [0, 0.1) is 23.2 Å². The van der Waals surface area contributed by atoms with Crippen molar-refractivity contribution in [1.29, 1.82) is 0 Å². The van der Waals surface area contributed by atoms with E-state index in [2.05, 4.69) is 60.3 Å². The standard InChI is InChI=1S/C28H49N/c1-8-9-14-24(22(4)5)16-17-25-15-11-19-27(7)26(18-20-28(25,27)29)23(6)13-10-12-21(2)3/h16-17,21,23,26H,4,8-15,18-20,29H2,1-3,5-7H3/b24-16-,25-17+/t23?,26?,27-,28?/m1/s1. The van der Waals surface area contributed by atoms with Gasteiger partial charge in [-0.1, -0.05) is 84.6 Å². The van der Waals surface area contributed by atoms with Gasteiger partial charge in [-0.15, -0.1) is 0 Å². The van der Waals surface area contributed by atoms with Gasteiger partial charge in [-0.2, -0.15) is 0 Å². The summed E-state index contributed by atoms with van der Waals surface area (Å²) >= 11 is 0. The second kappa shape index (κ2) is 10.5. The van der Waals surface area contributed by atoms with Gasteiger partial charge in [-0.05, 0) is 86.2 Å². The fourth-order valence-electron chi connectivity index (χ4n) is 6.32. The molecule has 2 aliphatic rings. The summed E-state index contributed by atoms with van der Waals surface area (Å²) in [5, 5.41) is 0. The SMILES string of the molecule is C=C(C)/C(=C\C=C1/CCC[C@]2(C)C(C(C)CCCC(C)C)CCC12N)CCCC. The quantitative estimate of drug-likeness (QED) is 0.367. The van der Waals surface area contributed by atoms with Crippen LogP contribution in [0.3, 0.4) is 0 Å². The molecule has 2 saturated carbocycles. The predicted octanol–water partition coefficient (Wildman–Crippen LogP) is 8.37. The highest BCUT2D eigenvalue weighted by Crippen LogP contribution is 2.61. The monoisotopic (exact) mass is 399 g/mol. The lowest BCUT2D eigenvalue weighted by Gasteiger charge is -2.51. The van der Waals surface area contributed by atoms with E-state index in [-0.39, 0.29) is 11.0 Å². The molecule has 0 aromatic carbocycles. The molecule has 2 aliphatic carbocycles. The molecule has 29 heavy (non-hydrogen) atoms. The van der Waals surface area contributed by atoms with Crippen LogP contribution in [0.2, 0.25) is 0 Å². The largest absolute Gasteiger partial charge is 0.321 e. The van der Waals surface area contributed by atoms with Crippen LogP contribution < -0.4 is 5.73 Å². The van der Waals surface area contributed by atoms with Gasteiger partial charge in [0, 0.05) is 5.54 Å². The van der Waals surface area contributed by atoms with Crippen LogP contribution in [0.25, 0.3) is 0 Å². The third-order valence-electron chi connectivity index (χ3n) is 8.36. The lowest BCUT2D eigenvalue weighted by molar-refractivity contribution is 0.0736. The van der Waals surface area contributed by atoms with Crippen molar-refractivity contribution in [2.75, 3.05) is 0 Å². The van der Waals surface area contributed by atoms with Gasteiger partial charge in [0.25, 0.3) is 0 Å². The fourth-order valence-corrected chi connectivity index (χ4v) is 6.32. The number of fused-ring (bicyclic) bond motifs is 1. The van der Waals surface area contributed by atoms with E-state index in [1.807, 2.05) is 0 Å². The number of hydrogen-bond acceptors (Lipinski definition) is 1. The maximum atomic E-state index is 7.29. The van der Waals surface area contributed by atoms with E-state index in [0.717, 1.165) is 24.2 Å². The second-order valence-electron chi connectivity index (χ2n) is 11.0. The smallest absolute Gasteiger partial charge is 0.0429 e. The summed E-state index contributed by atoms with van der Waals surface area (Å²) in [6, 6.07) is 0. The minimum absolute atomic E-state index is 0.107. The van der Waals surface area contributed by atoms with Gasteiger partial charge >= 0.3 is 0 Å². The Labute approximate surface area is 182 Å². The van der Waals surface area contributed by atoms with E-state index >= 15 is 0 Å². The topological polar surface area (TPSA) is 26.0 Å². The molecule has 2 fully saturated rings. The Hall–Kier alpha value is -0.820. The van der Waals surface area contributed by atoms with Crippen LogP contribution >= 0.6 is 0 Å². The van der Waals surface area contributed by atoms with Gasteiger partial charge in [0.1, 0.15) is 0 Å². The average molecular weight is 400 g/mol. The van der Waals surface area contributed by atoms with Gasteiger partial charge in [0.2, 0.25) is 0 Å². The zero-order valence-corrected chi connectivity index (χ0v) is 20.4. The molecule has 2 N–H and O–H groups in total. The number of unbranched alkanes of at least 4 members (excludes halogenated alkanes) is 1. The van der Waals surface area contributed by atoms with Crippen molar-refractivity contribution < 1.29 is 0 Å². The Bertz CT molecular complexity index is 610. The van der Waals surface area contributed by atoms with Gasteiger partial charge in [0.15, 0.2) is 0 Å². The van der Waals surface area contributed by atoms with E-state index in [1.165, 1.54) is 80.9 Å². The molecule has 0 heterocycles. The molecule has 166 valence electrons. The summed E-state index contributed by atoms with van der Waals surface area (Å²) in [6.45, 7) is 18.3. The zero-order valence-electron chi connectivity index (χ0n) is 20.4. The molecule has 0 aliphatic heterocycles. The second-order valence-corrected chi connectivity index (χ2v) is 11.0. The molecular formula is C28H49N. The molecule has 0 spiro atoms. The molecule has 0 saturated heterocycles. The predicted molar refractivity (Wildman–Crippen MR) is 130 cm³/mol. The van der Waals surface area contributed by atoms with E-state index in [9.17, 15) is 0 Å². The molecular weight excluding hydrogens is 350 g/mol. The molecule has 0 aromatic rings. The molecule has 0 amide bonds. The molecule has 0 aromatic heterocycles. The number of allylic oxidation sites excluding steroid dienone is 4. The van der Waals surface area contributed by atoms with Gasteiger partial charge in [0.05, 0.1) is 0 Å². The van der Waals surface area contributed by atoms with Crippen molar-refractivity contribution >= 4 is 0 Å². The highest BCUT2D eigenvalue weighted by Gasteiger charge is 2.58. The molecule has 0 radical (unpaired) electrons. The van der Waals surface area contributed by atoms with Crippen LogP contribution in [0.15, 0.2) is 35.5 Å². The van der Waals surface area contributed by atoms with Crippen LogP contribution in [0.5, 0.6) is 0 Å². The Morgan fingerprint density at radius 3 is 2.55 bits per heavy atom. The van der Waals surface area contributed by atoms with Gasteiger partial charge < -0.3 is 5.73 Å². The first-order valence-corrected chi connectivity index (χ1v) is 12.5. The summed E-state index contributed by atoms with van der Waals surface area (Å²) in [7, 11) is 0. The molecule has 3 unspecified atom stereocenters. The number of hydrogen-bond donors (Lipinski definition) is 1. The molecule has 2 rings (SSSR count). The highest BCUT2D eigenvalue weighted by molar-refractivity contribution is 5.37. The van der Waals surface area contributed by atoms with E-state index in [4.69, 9.17) is 5.73 Å². The maximum absolute atomic E-state index is 7.29. The molecule has 1 heteroatoms. The van der Waals surface area contributed by atoms with Gasteiger partial charge in [-0.25, -0.2) is 0 Å². The first kappa shape index (κ1) is 24.4. The Morgan fingerprint density at radius 2 is 1.93 bits per heavy atom. The van der Waals surface area contributed by atoms with Crippen molar-refractivity contribution in [3.63, 3.8) is 0 Å². The Balaban J connectivity index is 2.20. The maximum Gasteiger partial charge on any atom is 0.0429 e. The highest BCUT2D eigenvalue weighted by atomic mass is 14.9. The molecule has 4 atom stereocenters. The van der Waals surface area contributed by atoms with Gasteiger partial charge in [-0.3, -0.25) is 0 Å².